The van der Waals surface area contributed by atoms with Gasteiger partial charge in [-0.1, -0.05) is 54.6 Å². The SMILES string of the molecule is CC(C)(SC(=O)OCOC(=O)c1ccccc1)C(=O)C[C@@H](CSC(=O)OCOC(=O)c1ccccc1)C(=O)OCOC(=O)c1ccccc1. The number of rotatable bonds is 16. The Morgan fingerprint density at radius 3 is 1.37 bits per heavy atom. The summed E-state index contributed by atoms with van der Waals surface area (Å²) in [5.74, 6) is -5.32. The first kappa shape index (κ1) is 38.3. The molecule has 0 aliphatic rings. The summed E-state index contributed by atoms with van der Waals surface area (Å²) in [4.78, 5) is 87.4. The molecule has 0 N–H and O–H groups in total. The van der Waals surface area contributed by atoms with Gasteiger partial charge in [0.2, 0.25) is 20.4 Å². The molecule has 258 valence electrons. The van der Waals surface area contributed by atoms with Crippen molar-refractivity contribution in [1.82, 2.24) is 0 Å². The Labute approximate surface area is 289 Å². The number of ketones is 1. The van der Waals surface area contributed by atoms with Crippen LogP contribution in [0.5, 0.6) is 0 Å². The fourth-order valence-corrected chi connectivity index (χ4v) is 5.12. The predicted molar refractivity (Wildman–Crippen MR) is 176 cm³/mol. The average molecular weight is 713 g/mol. The predicted octanol–water partition coefficient (Wildman–Crippen LogP) is 6.07. The van der Waals surface area contributed by atoms with Crippen molar-refractivity contribution in [2.75, 3.05) is 26.1 Å². The topological polar surface area (TPSA) is 175 Å². The van der Waals surface area contributed by atoms with Gasteiger partial charge in [0, 0.05) is 12.2 Å². The molecule has 0 saturated heterocycles. The second kappa shape index (κ2) is 19.6. The van der Waals surface area contributed by atoms with Crippen LogP contribution in [0.3, 0.4) is 0 Å². The van der Waals surface area contributed by atoms with Crippen LogP contribution in [-0.4, -0.2) is 71.1 Å². The van der Waals surface area contributed by atoms with E-state index < -0.39 is 77.7 Å². The highest BCUT2D eigenvalue weighted by Crippen LogP contribution is 2.31. The van der Waals surface area contributed by atoms with Crippen molar-refractivity contribution in [3.63, 3.8) is 0 Å². The van der Waals surface area contributed by atoms with Gasteiger partial charge in [-0.05, 0) is 73.8 Å². The molecular formula is C34H32O13S2. The van der Waals surface area contributed by atoms with Gasteiger partial charge >= 0.3 is 34.5 Å². The molecule has 49 heavy (non-hydrogen) atoms. The third kappa shape index (κ3) is 13.5. The first-order chi connectivity index (χ1) is 23.5. The van der Waals surface area contributed by atoms with E-state index in [0.29, 0.717) is 23.5 Å². The smallest absolute Gasteiger partial charge is 0.371 e. The lowest BCUT2D eigenvalue weighted by molar-refractivity contribution is -0.157. The summed E-state index contributed by atoms with van der Waals surface area (Å²) < 4.78 is 28.3. The molecule has 0 fully saturated rings. The summed E-state index contributed by atoms with van der Waals surface area (Å²) in [6.07, 6.45) is -0.495. The van der Waals surface area contributed by atoms with Gasteiger partial charge in [-0.25, -0.2) is 24.0 Å². The van der Waals surface area contributed by atoms with E-state index in [2.05, 4.69) is 0 Å². The van der Waals surface area contributed by atoms with Crippen LogP contribution in [0, 0.1) is 5.92 Å². The Hall–Kier alpha value is -5.15. The van der Waals surface area contributed by atoms with Gasteiger partial charge in [0.15, 0.2) is 0 Å². The summed E-state index contributed by atoms with van der Waals surface area (Å²) in [7, 11) is 0. The molecule has 3 aromatic rings. The Balaban J connectivity index is 1.54. The van der Waals surface area contributed by atoms with Crippen molar-refractivity contribution < 1.29 is 62.0 Å². The lowest BCUT2D eigenvalue weighted by atomic mass is 9.97. The van der Waals surface area contributed by atoms with Gasteiger partial charge in [-0.15, -0.1) is 0 Å². The Morgan fingerprint density at radius 2 is 0.939 bits per heavy atom. The Kier molecular flexibility index (Phi) is 15.3. The lowest BCUT2D eigenvalue weighted by Crippen LogP contribution is -2.34. The maximum absolute atomic E-state index is 13.3. The maximum Gasteiger partial charge on any atom is 0.371 e. The van der Waals surface area contributed by atoms with Crippen molar-refractivity contribution in [3.05, 3.63) is 108 Å². The summed E-state index contributed by atoms with van der Waals surface area (Å²) in [5, 5.41) is -1.84. The first-order valence-electron chi connectivity index (χ1n) is 14.5. The fourth-order valence-electron chi connectivity index (χ4n) is 3.68. The molecule has 0 aliphatic heterocycles. The van der Waals surface area contributed by atoms with Crippen molar-refractivity contribution >= 4 is 63.8 Å². The molecule has 0 aromatic heterocycles. The number of benzene rings is 3. The molecule has 0 bridgehead atoms. The van der Waals surface area contributed by atoms with Crippen LogP contribution >= 0.6 is 23.5 Å². The van der Waals surface area contributed by atoms with Gasteiger partial charge in [-0.2, -0.15) is 0 Å². The van der Waals surface area contributed by atoms with Gasteiger partial charge in [0.05, 0.1) is 27.4 Å². The molecule has 0 spiro atoms. The highest BCUT2D eigenvalue weighted by Gasteiger charge is 2.36. The molecule has 0 saturated carbocycles. The van der Waals surface area contributed by atoms with E-state index in [1.165, 1.54) is 50.2 Å². The number of hydrogen-bond donors (Lipinski definition) is 0. The van der Waals surface area contributed by atoms with Crippen LogP contribution in [0.1, 0.15) is 51.3 Å². The summed E-state index contributed by atoms with van der Waals surface area (Å²) in [5.41, 5.74) is 0.722. The van der Waals surface area contributed by atoms with Crippen molar-refractivity contribution in [3.8, 4) is 0 Å². The molecule has 13 nitrogen and oxygen atoms in total. The van der Waals surface area contributed by atoms with Crippen LogP contribution in [0.25, 0.3) is 0 Å². The standard InChI is InChI=1S/C34H32O13S2/c1-34(2,49-33(41)47-22-45-30(38)25-16-10-5-11-17-25)27(35)18-26(31(39)43-20-42-28(36)23-12-6-3-7-13-23)19-48-32(40)46-21-44-29(37)24-14-8-4-9-15-24/h3-17,26H,18-22H2,1-2H3/t26-/m0/s1. The van der Waals surface area contributed by atoms with Crippen LogP contribution in [-0.2, 0) is 38.0 Å². The summed E-state index contributed by atoms with van der Waals surface area (Å²) in [6.45, 7) is 0.677. The van der Waals surface area contributed by atoms with E-state index in [9.17, 15) is 33.6 Å². The van der Waals surface area contributed by atoms with Crippen molar-refractivity contribution in [2.24, 2.45) is 5.92 Å². The summed E-state index contributed by atoms with van der Waals surface area (Å²) >= 11 is 1.01. The maximum atomic E-state index is 13.3. The first-order valence-corrected chi connectivity index (χ1v) is 16.3. The van der Waals surface area contributed by atoms with E-state index in [1.807, 2.05) is 0 Å². The minimum absolute atomic E-state index is 0.219. The van der Waals surface area contributed by atoms with E-state index in [1.54, 1.807) is 54.6 Å². The Morgan fingerprint density at radius 1 is 0.551 bits per heavy atom. The van der Waals surface area contributed by atoms with E-state index in [4.69, 9.17) is 28.4 Å². The number of Topliss-reactive ketones (excluding diaryl/α,β-unsaturated/α-hetero) is 1. The van der Waals surface area contributed by atoms with Crippen molar-refractivity contribution in [2.45, 2.75) is 25.0 Å². The van der Waals surface area contributed by atoms with Crippen molar-refractivity contribution in [1.29, 1.82) is 0 Å². The number of thioether (sulfide) groups is 2. The van der Waals surface area contributed by atoms with E-state index in [-0.39, 0.29) is 22.4 Å². The number of carbonyl (C=O) groups is 7. The molecule has 3 rings (SSSR count). The van der Waals surface area contributed by atoms with Gasteiger partial charge in [0.1, 0.15) is 5.78 Å². The number of ether oxygens (including phenoxy) is 6. The normalized spacial score (nSPS) is 11.3. The zero-order chi connectivity index (χ0) is 35.6. The fraction of sp³-hybridized carbons (Fsp3) is 0.265. The lowest BCUT2D eigenvalue weighted by Gasteiger charge is -2.23. The van der Waals surface area contributed by atoms with Gasteiger partial charge < -0.3 is 28.4 Å². The molecule has 0 amide bonds. The second-order valence-electron chi connectivity index (χ2n) is 10.2. The molecule has 0 aliphatic carbocycles. The van der Waals surface area contributed by atoms with Crippen LogP contribution < -0.4 is 0 Å². The minimum atomic E-state index is -1.43. The number of hydrogen-bond acceptors (Lipinski definition) is 15. The molecule has 0 radical (unpaired) electrons. The molecule has 0 unspecified atom stereocenters. The second-order valence-corrected chi connectivity index (χ2v) is 12.8. The summed E-state index contributed by atoms with van der Waals surface area (Å²) in [6, 6.07) is 24.0. The minimum Gasteiger partial charge on any atom is -0.428 e. The highest BCUT2D eigenvalue weighted by molar-refractivity contribution is 8.15. The van der Waals surface area contributed by atoms with Gasteiger partial charge in [-0.3, -0.25) is 9.59 Å². The van der Waals surface area contributed by atoms with E-state index >= 15 is 0 Å². The third-order valence-electron chi connectivity index (χ3n) is 6.33. The zero-order valence-electron chi connectivity index (χ0n) is 26.4. The van der Waals surface area contributed by atoms with Gasteiger partial charge in [0.25, 0.3) is 0 Å². The largest absolute Gasteiger partial charge is 0.428 e. The number of carbonyl (C=O) groups excluding carboxylic acids is 7. The van der Waals surface area contributed by atoms with Crippen LogP contribution in [0.2, 0.25) is 0 Å². The zero-order valence-corrected chi connectivity index (χ0v) is 28.0. The monoisotopic (exact) mass is 712 g/mol. The Bertz CT molecular complexity index is 1600. The highest BCUT2D eigenvalue weighted by atomic mass is 32.2. The average Bonchev–Trinajstić information content (AvgIpc) is 3.10. The molecule has 15 heteroatoms. The van der Waals surface area contributed by atoms with Crippen LogP contribution in [0.15, 0.2) is 91.0 Å². The van der Waals surface area contributed by atoms with Crippen LogP contribution in [0.4, 0.5) is 9.59 Å². The molecule has 0 heterocycles. The third-order valence-corrected chi connectivity index (χ3v) is 8.28. The molecule has 1 atom stereocenters. The van der Waals surface area contributed by atoms with E-state index in [0.717, 1.165) is 0 Å². The molecule has 3 aromatic carbocycles. The molecular weight excluding hydrogens is 680 g/mol. The number of esters is 4. The quantitative estimate of drug-likeness (QED) is 0.0950.